The van der Waals surface area contributed by atoms with Gasteiger partial charge in [0.2, 0.25) is 0 Å². The van der Waals surface area contributed by atoms with Crippen LogP contribution in [0.4, 0.5) is 0 Å². The molecule has 1 unspecified atom stereocenters. The molecule has 3 fully saturated rings. The molecule has 0 saturated heterocycles. The Morgan fingerprint density at radius 1 is 0.943 bits per heavy atom. The van der Waals surface area contributed by atoms with E-state index in [1.165, 1.54) is 31.3 Å². The maximum atomic E-state index is 9.93. The smallest absolute Gasteiger partial charge is 0.0704 e. The standard InChI is InChI=1S/C30H50O5/c1-6-32-14-16-34-23-18-22-8-9-24-26-11-10-25(21(3)20-31)29(26,4)13-12-27(24)30(22,5)28(19-23)35-17-15-33-7-2/h8-9,21,23,25-28,31H,6-7,10-20H2,1-5H3/t21?,23-,25-,26+,27+,28+,29-,30+/m1/s1. The summed E-state index contributed by atoms with van der Waals surface area (Å²) in [7, 11) is 0. The zero-order valence-corrected chi connectivity index (χ0v) is 22.9. The zero-order chi connectivity index (χ0) is 25.1. The molecule has 35 heavy (non-hydrogen) atoms. The Balaban J connectivity index is 1.57. The van der Waals surface area contributed by atoms with E-state index >= 15 is 0 Å². The highest BCUT2D eigenvalue weighted by Crippen LogP contribution is 2.66. The molecule has 0 aliphatic heterocycles. The van der Waals surface area contributed by atoms with Crippen LogP contribution < -0.4 is 0 Å². The van der Waals surface area contributed by atoms with Crippen LogP contribution in [-0.4, -0.2) is 63.6 Å². The van der Waals surface area contributed by atoms with E-state index in [0.717, 1.165) is 26.1 Å². The number of allylic oxidation sites excluding steroid dienone is 3. The second kappa shape index (κ2) is 11.8. The van der Waals surface area contributed by atoms with Gasteiger partial charge in [-0.3, -0.25) is 0 Å². The Hall–Kier alpha value is -0.720. The molecule has 0 bridgehead atoms. The molecule has 0 amide bonds. The third-order valence-electron chi connectivity index (χ3n) is 10.2. The van der Waals surface area contributed by atoms with Crippen LogP contribution in [0.25, 0.3) is 0 Å². The Kier molecular flexibility index (Phi) is 9.19. The Labute approximate surface area is 213 Å². The quantitative estimate of drug-likeness (QED) is 0.363. The van der Waals surface area contributed by atoms with Crippen molar-refractivity contribution in [2.24, 2.45) is 34.5 Å². The average molecular weight is 491 g/mol. The highest BCUT2D eigenvalue weighted by molar-refractivity contribution is 5.40. The van der Waals surface area contributed by atoms with Crippen LogP contribution in [-0.2, 0) is 18.9 Å². The van der Waals surface area contributed by atoms with Gasteiger partial charge in [0, 0.05) is 31.7 Å². The Morgan fingerprint density at radius 2 is 1.66 bits per heavy atom. The van der Waals surface area contributed by atoms with Gasteiger partial charge in [-0.25, -0.2) is 0 Å². The monoisotopic (exact) mass is 490 g/mol. The molecule has 0 aromatic carbocycles. The van der Waals surface area contributed by atoms with Crippen molar-refractivity contribution >= 4 is 0 Å². The second-order valence-corrected chi connectivity index (χ2v) is 11.8. The molecule has 1 N–H and O–H groups in total. The second-order valence-electron chi connectivity index (χ2n) is 11.8. The van der Waals surface area contributed by atoms with E-state index in [0.29, 0.717) is 62.1 Å². The van der Waals surface area contributed by atoms with E-state index in [2.05, 4.69) is 32.9 Å². The predicted molar refractivity (Wildman–Crippen MR) is 139 cm³/mol. The maximum Gasteiger partial charge on any atom is 0.0704 e. The topological polar surface area (TPSA) is 57.2 Å². The summed E-state index contributed by atoms with van der Waals surface area (Å²) < 4.78 is 24.1. The summed E-state index contributed by atoms with van der Waals surface area (Å²) in [5.41, 5.74) is 3.48. The molecule has 0 spiro atoms. The van der Waals surface area contributed by atoms with Gasteiger partial charge in [0.05, 0.1) is 38.6 Å². The van der Waals surface area contributed by atoms with Gasteiger partial charge < -0.3 is 24.1 Å². The average Bonchev–Trinajstić information content (AvgIpc) is 3.21. The van der Waals surface area contributed by atoms with Crippen LogP contribution in [0.2, 0.25) is 0 Å². The van der Waals surface area contributed by atoms with Crippen molar-refractivity contribution in [3.8, 4) is 0 Å². The highest BCUT2D eigenvalue weighted by atomic mass is 16.5. The van der Waals surface area contributed by atoms with E-state index in [-0.39, 0.29) is 17.6 Å². The van der Waals surface area contributed by atoms with Gasteiger partial charge in [-0.2, -0.15) is 0 Å². The number of rotatable bonds is 12. The minimum absolute atomic E-state index is 0.0120. The van der Waals surface area contributed by atoms with E-state index in [9.17, 15) is 5.11 Å². The Morgan fingerprint density at radius 3 is 2.34 bits per heavy atom. The maximum absolute atomic E-state index is 9.93. The first-order chi connectivity index (χ1) is 16.9. The van der Waals surface area contributed by atoms with Crippen LogP contribution in [0, 0.1) is 34.5 Å². The van der Waals surface area contributed by atoms with Crippen molar-refractivity contribution in [2.75, 3.05) is 46.2 Å². The molecule has 0 aromatic heterocycles. The van der Waals surface area contributed by atoms with Gasteiger partial charge in [-0.05, 0) is 75.0 Å². The van der Waals surface area contributed by atoms with Crippen molar-refractivity contribution in [3.05, 3.63) is 23.3 Å². The molecule has 4 rings (SSSR count). The lowest BCUT2D eigenvalue weighted by atomic mass is 9.49. The van der Waals surface area contributed by atoms with E-state index in [1.807, 2.05) is 13.8 Å². The molecule has 8 atom stereocenters. The van der Waals surface area contributed by atoms with Gasteiger partial charge in [0.15, 0.2) is 0 Å². The largest absolute Gasteiger partial charge is 0.396 e. The van der Waals surface area contributed by atoms with Gasteiger partial charge in [0.25, 0.3) is 0 Å². The molecule has 4 aliphatic rings. The molecule has 0 aromatic rings. The van der Waals surface area contributed by atoms with Crippen molar-refractivity contribution < 1.29 is 24.1 Å². The molecular formula is C30H50O5. The first kappa shape index (κ1) is 27.3. The molecule has 0 heterocycles. The van der Waals surface area contributed by atoms with E-state index < -0.39 is 0 Å². The normalized spacial score (nSPS) is 39.3. The summed E-state index contributed by atoms with van der Waals surface area (Å²) in [5.74, 6) is 2.15. The van der Waals surface area contributed by atoms with Gasteiger partial charge in [0.1, 0.15) is 0 Å². The summed E-state index contributed by atoms with van der Waals surface area (Å²) >= 11 is 0. The van der Waals surface area contributed by atoms with Crippen LogP contribution in [0.15, 0.2) is 23.3 Å². The fourth-order valence-corrected chi connectivity index (χ4v) is 8.29. The fraction of sp³-hybridized carbons (Fsp3) is 0.867. The van der Waals surface area contributed by atoms with E-state index in [1.54, 1.807) is 5.57 Å². The minimum Gasteiger partial charge on any atom is -0.396 e. The van der Waals surface area contributed by atoms with Crippen molar-refractivity contribution in [3.63, 3.8) is 0 Å². The molecule has 200 valence electrons. The number of fused-ring (bicyclic) bond motifs is 5. The lowest BCUT2D eigenvalue weighted by molar-refractivity contribution is -0.117. The van der Waals surface area contributed by atoms with E-state index in [4.69, 9.17) is 18.9 Å². The molecular weight excluding hydrogens is 440 g/mol. The summed E-state index contributed by atoms with van der Waals surface area (Å²) in [6.45, 7) is 15.6. The summed E-state index contributed by atoms with van der Waals surface area (Å²) in [6, 6.07) is 0. The third-order valence-corrected chi connectivity index (χ3v) is 10.2. The van der Waals surface area contributed by atoms with Crippen molar-refractivity contribution in [2.45, 2.75) is 85.4 Å². The number of ether oxygens (including phenoxy) is 4. The molecule has 4 aliphatic carbocycles. The van der Waals surface area contributed by atoms with Crippen molar-refractivity contribution in [1.29, 1.82) is 0 Å². The van der Waals surface area contributed by atoms with Gasteiger partial charge in [-0.15, -0.1) is 0 Å². The van der Waals surface area contributed by atoms with Crippen molar-refractivity contribution in [1.82, 2.24) is 0 Å². The molecule has 0 radical (unpaired) electrons. The SMILES string of the molecule is CCOCCO[C@@H]1CC2=CC=C3[C@@H]4CC[C@H](C(C)CO)[C@@]4(C)CC[C@@H]3[C@@]2(C)[C@@H](OCCOCC)C1. The highest BCUT2D eigenvalue weighted by Gasteiger charge is 2.59. The summed E-state index contributed by atoms with van der Waals surface area (Å²) in [5, 5.41) is 9.93. The van der Waals surface area contributed by atoms with Gasteiger partial charge >= 0.3 is 0 Å². The van der Waals surface area contributed by atoms with Crippen LogP contribution in [0.5, 0.6) is 0 Å². The first-order valence-electron chi connectivity index (χ1n) is 14.3. The number of aliphatic hydroxyl groups excluding tert-OH is 1. The third kappa shape index (κ3) is 5.18. The van der Waals surface area contributed by atoms with Crippen LogP contribution in [0.1, 0.15) is 73.1 Å². The number of aliphatic hydroxyl groups is 1. The first-order valence-corrected chi connectivity index (χ1v) is 14.3. The molecule has 5 heteroatoms. The predicted octanol–water partition coefficient (Wildman–Crippen LogP) is 5.57. The number of hydrogen-bond acceptors (Lipinski definition) is 5. The summed E-state index contributed by atoms with van der Waals surface area (Å²) in [4.78, 5) is 0. The minimum atomic E-state index is 0.0120. The Bertz CT molecular complexity index is 762. The fourth-order valence-electron chi connectivity index (χ4n) is 8.29. The summed E-state index contributed by atoms with van der Waals surface area (Å²) in [6.07, 6.45) is 12.1. The lowest BCUT2D eigenvalue weighted by Gasteiger charge is -2.57. The number of hydrogen-bond donors (Lipinski definition) is 1. The zero-order valence-electron chi connectivity index (χ0n) is 22.9. The van der Waals surface area contributed by atoms with Crippen LogP contribution in [0.3, 0.4) is 0 Å². The lowest BCUT2D eigenvalue weighted by Crippen LogP contribution is -2.54. The van der Waals surface area contributed by atoms with Gasteiger partial charge in [-0.1, -0.05) is 44.1 Å². The molecule has 3 saturated carbocycles. The van der Waals surface area contributed by atoms with Crippen LogP contribution >= 0.6 is 0 Å². The molecule has 5 nitrogen and oxygen atoms in total.